The number of methoxy groups -OCH3 is 1. The van der Waals surface area contributed by atoms with Crippen molar-refractivity contribution in [1.29, 1.82) is 0 Å². The average molecular weight is 509 g/mol. The van der Waals surface area contributed by atoms with Crippen LogP contribution in [0.3, 0.4) is 0 Å². The Labute approximate surface area is 213 Å². The van der Waals surface area contributed by atoms with E-state index in [1.165, 1.54) is 13.3 Å². The van der Waals surface area contributed by atoms with E-state index >= 15 is 4.39 Å². The number of hydrazone groups is 1. The number of ether oxygens (including phenoxy) is 1. The van der Waals surface area contributed by atoms with Gasteiger partial charge in [-0.15, -0.1) is 0 Å². The molecule has 1 aliphatic heterocycles. The van der Waals surface area contributed by atoms with E-state index in [0.29, 0.717) is 43.9 Å². The summed E-state index contributed by atoms with van der Waals surface area (Å²) in [4.78, 5) is 32.7. The monoisotopic (exact) mass is 508 g/mol. The number of halogens is 1. The molecule has 3 aromatic rings. The van der Waals surface area contributed by atoms with Crippen molar-refractivity contribution >= 4 is 34.0 Å². The molecule has 2 aromatic heterocycles. The normalized spacial score (nSPS) is 16.7. The highest BCUT2D eigenvalue weighted by atomic mass is 19.1. The van der Waals surface area contributed by atoms with Gasteiger partial charge in [-0.3, -0.25) is 20.1 Å². The molecule has 0 unspecified atom stereocenters. The van der Waals surface area contributed by atoms with Crippen LogP contribution in [0.25, 0.3) is 10.9 Å². The Hall–Kier alpha value is -3.99. The maximum absolute atomic E-state index is 15.5. The number of hydrogen-bond donors (Lipinski definition) is 2. The summed E-state index contributed by atoms with van der Waals surface area (Å²) in [5.74, 6) is -1.65. The molecular formula is C26H29FN6O4. The maximum Gasteiger partial charge on any atom is 0.341 e. The number of piperazine rings is 1. The van der Waals surface area contributed by atoms with Crippen molar-refractivity contribution in [3.63, 3.8) is 0 Å². The van der Waals surface area contributed by atoms with E-state index in [9.17, 15) is 14.7 Å². The van der Waals surface area contributed by atoms with Gasteiger partial charge in [-0.2, -0.15) is 5.10 Å². The number of nitrogens with one attached hydrogen (secondary N) is 1. The summed E-state index contributed by atoms with van der Waals surface area (Å²) in [6.45, 7) is 5.12. The fourth-order valence-corrected chi connectivity index (χ4v) is 4.80. The second kappa shape index (κ2) is 10.2. The number of nitrogens with zero attached hydrogens (tertiary/aromatic N) is 5. The van der Waals surface area contributed by atoms with Gasteiger partial charge in [-0.05, 0) is 38.0 Å². The molecule has 1 saturated carbocycles. The predicted octanol–water partition coefficient (Wildman–Crippen LogP) is 3.19. The van der Waals surface area contributed by atoms with Gasteiger partial charge in [-0.25, -0.2) is 9.18 Å². The molecule has 2 N–H and O–H groups in total. The van der Waals surface area contributed by atoms with Gasteiger partial charge in [0.25, 0.3) is 0 Å². The molecular weight excluding hydrogens is 479 g/mol. The van der Waals surface area contributed by atoms with Gasteiger partial charge in [0.15, 0.2) is 11.6 Å². The SMILES string of the molecule is COc1c(N2CCN(C/C(C)=N/Nc3ccncc3)CC2)c(F)cc2c(=O)c(C(=O)O)cn(C3CC3)c12. The van der Waals surface area contributed by atoms with Crippen molar-refractivity contribution in [3.8, 4) is 5.75 Å². The minimum Gasteiger partial charge on any atom is -0.492 e. The fraction of sp³-hybridized carbons (Fsp3) is 0.385. The van der Waals surface area contributed by atoms with Crippen molar-refractivity contribution in [2.75, 3.05) is 50.2 Å². The molecule has 194 valence electrons. The third kappa shape index (κ3) is 4.99. The van der Waals surface area contributed by atoms with Crippen molar-refractivity contribution in [1.82, 2.24) is 14.5 Å². The Morgan fingerprint density at radius 2 is 1.95 bits per heavy atom. The maximum atomic E-state index is 15.5. The number of hydrogen-bond acceptors (Lipinski definition) is 8. The second-order valence-corrected chi connectivity index (χ2v) is 9.41. The van der Waals surface area contributed by atoms with Gasteiger partial charge in [0, 0.05) is 63.1 Å². The molecule has 1 aromatic carbocycles. The van der Waals surface area contributed by atoms with Crippen LogP contribution >= 0.6 is 0 Å². The quantitative estimate of drug-likeness (QED) is 0.353. The van der Waals surface area contributed by atoms with Crippen molar-refractivity contribution < 1.29 is 19.0 Å². The van der Waals surface area contributed by atoms with Crippen molar-refractivity contribution in [2.24, 2.45) is 5.10 Å². The molecule has 11 heteroatoms. The van der Waals surface area contributed by atoms with Crippen LogP contribution in [0.2, 0.25) is 0 Å². The lowest BCUT2D eigenvalue weighted by Gasteiger charge is -2.37. The lowest BCUT2D eigenvalue weighted by Crippen LogP contribution is -2.48. The van der Waals surface area contributed by atoms with E-state index in [0.717, 1.165) is 30.3 Å². The number of aromatic carboxylic acids is 1. The van der Waals surface area contributed by atoms with Crippen molar-refractivity contribution in [2.45, 2.75) is 25.8 Å². The average Bonchev–Trinajstić information content (AvgIpc) is 3.74. The van der Waals surface area contributed by atoms with Gasteiger partial charge in [0.2, 0.25) is 5.43 Å². The molecule has 2 aliphatic rings. The number of carbonyl (C=O) groups is 1. The van der Waals surface area contributed by atoms with Crippen LogP contribution < -0.4 is 20.5 Å². The minimum atomic E-state index is -1.32. The lowest BCUT2D eigenvalue weighted by molar-refractivity contribution is 0.0694. The zero-order valence-electron chi connectivity index (χ0n) is 20.8. The number of aromatic nitrogens is 2. The number of anilines is 2. The predicted molar refractivity (Wildman–Crippen MR) is 140 cm³/mol. The summed E-state index contributed by atoms with van der Waals surface area (Å²) in [5.41, 5.74) is 4.48. The largest absolute Gasteiger partial charge is 0.492 e. The Morgan fingerprint density at radius 3 is 2.57 bits per heavy atom. The van der Waals surface area contributed by atoms with Crippen LogP contribution in [-0.2, 0) is 0 Å². The van der Waals surface area contributed by atoms with Crippen LogP contribution in [0.4, 0.5) is 15.8 Å². The third-order valence-electron chi connectivity index (χ3n) is 6.77. The summed E-state index contributed by atoms with van der Waals surface area (Å²) in [6, 6.07) is 4.90. The van der Waals surface area contributed by atoms with E-state index in [2.05, 4.69) is 20.4 Å². The Balaban J connectivity index is 1.38. The summed E-state index contributed by atoms with van der Waals surface area (Å²) in [6.07, 6.45) is 6.49. The zero-order chi connectivity index (χ0) is 26.1. The molecule has 10 nitrogen and oxygen atoms in total. The van der Waals surface area contributed by atoms with E-state index in [1.807, 2.05) is 24.0 Å². The molecule has 1 saturated heterocycles. The number of carboxylic acids is 1. The molecule has 3 heterocycles. The molecule has 37 heavy (non-hydrogen) atoms. The highest BCUT2D eigenvalue weighted by Crippen LogP contribution is 2.43. The highest BCUT2D eigenvalue weighted by molar-refractivity contribution is 5.97. The Morgan fingerprint density at radius 1 is 1.24 bits per heavy atom. The van der Waals surface area contributed by atoms with E-state index < -0.39 is 17.2 Å². The first-order valence-corrected chi connectivity index (χ1v) is 12.2. The minimum absolute atomic E-state index is 0.0251. The smallest absolute Gasteiger partial charge is 0.341 e. The number of rotatable bonds is 8. The second-order valence-electron chi connectivity index (χ2n) is 9.41. The summed E-state index contributed by atoms with van der Waals surface area (Å²) in [5, 5.41) is 14.0. The molecule has 0 amide bonds. The molecule has 1 aliphatic carbocycles. The lowest BCUT2D eigenvalue weighted by atomic mass is 10.1. The number of benzene rings is 1. The molecule has 0 spiro atoms. The van der Waals surface area contributed by atoms with E-state index in [1.54, 1.807) is 17.0 Å². The molecule has 0 bridgehead atoms. The summed E-state index contributed by atoms with van der Waals surface area (Å²) < 4.78 is 23.0. The fourth-order valence-electron chi connectivity index (χ4n) is 4.80. The third-order valence-corrected chi connectivity index (χ3v) is 6.77. The van der Waals surface area contributed by atoms with Gasteiger partial charge in [-0.1, -0.05) is 0 Å². The summed E-state index contributed by atoms with van der Waals surface area (Å²) >= 11 is 0. The van der Waals surface area contributed by atoms with Crippen LogP contribution in [0.5, 0.6) is 5.75 Å². The highest BCUT2D eigenvalue weighted by Gasteiger charge is 2.32. The van der Waals surface area contributed by atoms with Gasteiger partial charge in [0.1, 0.15) is 11.3 Å². The first-order chi connectivity index (χ1) is 17.9. The van der Waals surface area contributed by atoms with Crippen LogP contribution in [0.15, 0.2) is 46.7 Å². The van der Waals surface area contributed by atoms with E-state index in [4.69, 9.17) is 4.74 Å². The Bertz CT molecular complexity index is 1410. The van der Waals surface area contributed by atoms with Gasteiger partial charge >= 0.3 is 5.97 Å². The summed E-state index contributed by atoms with van der Waals surface area (Å²) in [7, 11) is 1.45. The molecule has 2 fully saturated rings. The first kappa shape index (κ1) is 24.7. The van der Waals surface area contributed by atoms with E-state index in [-0.39, 0.29) is 22.7 Å². The molecule has 0 radical (unpaired) electrons. The molecule has 5 rings (SSSR count). The standard InChI is InChI=1S/C26H29FN6O4/c1-16(29-30-17-5-7-28-8-6-17)14-31-9-11-32(12-10-31)23-21(27)13-19-22(25(23)37-2)33(18-3-4-18)15-20(24(19)34)26(35)36/h5-8,13,15,18H,3-4,9-12,14H2,1-2H3,(H,28,30)(H,35,36)/b29-16+. The Kier molecular flexibility index (Phi) is 6.79. The van der Waals surface area contributed by atoms with Crippen LogP contribution in [-0.4, -0.2) is 71.1 Å². The number of carboxylic acid groups (broad SMARTS) is 1. The van der Waals surface area contributed by atoms with Crippen LogP contribution in [0.1, 0.15) is 36.2 Å². The number of pyridine rings is 2. The van der Waals surface area contributed by atoms with Gasteiger partial charge < -0.3 is 19.3 Å². The topological polar surface area (TPSA) is 112 Å². The first-order valence-electron chi connectivity index (χ1n) is 12.2. The van der Waals surface area contributed by atoms with Gasteiger partial charge in [0.05, 0.1) is 23.7 Å². The van der Waals surface area contributed by atoms with Crippen LogP contribution in [0, 0.1) is 5.82 Å². The zero-order valence-corrected chi connectivity index (χ0v) is 20.8. The molecule has 0 atom stereocenters. The van der Waals surface area contributed by atoms with Crippen molar-refractivity contribution in [3.05, 3.63) is 58.4 Å². The number of fused-ring (bicyclic) bond motifs is 1.